The van der Waals surface area contributed by atoms with Crippen LogP contribution in [0.3, 0.4) is 0 Å². The molecule has 7 nitrogen and oxygen atoms in total. The first-order chi connectivity index (χ1) is 13.1. The third kappa shape index (κ3) is 3.16. The molecule has 2 fully saturated rings. The van der Waals surface area contributed by atoms with Crippen LogP contribution in [0.5, 0.6) is 0 Å². The van der Waals surface area contributed by atoms with E-state index < -0.39 is 11.7 Å². The summed E-state index contributed by atoms with van der Waals surface area (Å²) in [6.45, 7) is 7.21. The Morgan fingerprint density at radius 1 is 1.26 bits per heavy atom. The van der Waals surface area contributed by atoms with Crippen molar-refractivity contribution in [3.8, 4) is 0 Å². The molecule has 3 heterocycles. The Labute approximate surface area is 160 Å². The molecule has 148 valence electrons. The van der Waals surface area contributed by atoms with Crippen molar-refractivity contribution in [3.63, 3.8) is 0 Å². The van der Waals surface area contributed by atoms with Crippen LogP contribution in [-0.2, 0) is 26.5 Å². The van der Waals surface area contributed by atoms with Gasteiger partial charge in [0.25, 0.3) is 5.91 Å². The molecule has 4 rings (SSSR count). The first-order valence-electron chi connectivity index (χ1n) is 10.3. The van der Waals surface area contributed by atoms with Crippen molar-refractivity contribution >= 4 is 11.8 Å². The fourth-order valence-corrected chi connectivity index (χ4v) is 4.61. The van der Waals surface area contributed by atoms with E-state index in [9.17, 15) is 9.59 Å². The molecule has 1 saturated heterocycles. The predicted octanol–water partition coefficient (Wildman–Crippen LogP) is 1.77. The molecule has 1 aromatic rings. The van der Waals surface area contributed by atoms with E-state index in [2.05, 4.69) is 9.55 Å². The monoisotopic (exact) mass is 374 g/mol. The van der Waals surface area contributed by atoms with Crippen LogP contribution < -0.4 is 0 Å². The molecule has 3 aliphatic rings. The van der Waals surface area contributed by atoms with E-state index in [1.165, 1.54) is 6.42 Å². The van der Waals surface area contributed by atoms with Gasteiger partial charge in [0.15, 0.2) is 6.10 Å². The molecule has 1 aromatic heterocycles. The number of aromatic nitrogens is 2. The third-order valence-electron chi connectivity index (χ3n) is 6.54. The number of likely N-dealkylation sites (tertiary alicyclic amines) is 1. The van der Waals surface area contributed by atoms with Crippen LogP contribution in [0.4, 0.5) is 0 Å². The Morgan fingerprint density at radius 3 is 2.56 bits per heavy atom. The van der Waals surface area contributed by atoms with Crippen molar-refractivity contribution < 1.29 is 14.3 Å². The molecule has 0 radical (unpaired) electrons. The van der Waals surface area contributed by atoms with Gasteiger partial charge in [0.05, 0.1) is 6.54 Å². The van der Waals surface area contributed by atoms with E-state index in [1.54, 1.807) is 6.20 Å². The van der Waals surface area contributed by atoms with Crippen LogP contribution in [0.25, 0.3) is 0 Å². The van der Waals surface area contributed by atoms with Gasteiger partial charge < -0.3 is 19.1 Å². The zero-order chi connectivity index (χ0) is 19.0. The molecule has 2 aliphatic heterocycles. The summed E-state index contributed by atoms with van der Waals surface area (Å²) in [5, 5.41) is 0. The lowest BCUT2D eigenvalue weighted by atomic mass is 9.82. The number of piperidine rings is 1. The van der Waals surface area contributed by atoms with Gasteiger partial charge in [-0.25, -0.2) is 4.98 Å². The molecule has 2 amide bonds. The zero-order valence-corrected chi connectivity index (χ0v) is 16.4. The standard InChI is InChI=1S/C20H30N4O3/c1-3-22(4-2)18(26)16-14-24-13-10-21-19(24)20(27-16)8-11-23(12-9-20)17(25)15-6-5-7-15/h10,13,15-16H,3-9,11-12,14H2,1-2H3/t16-/m1/s1. The van der Waals surface area contributed by atoms with Gasteiger partial charge in [-0.15, -0.1) is 0 Å². The summed E-state index contributed by atoms with van der Waals surface area (Å²) in [5.41, 5.74) is -0.564. The summed E-state index contributed by atoms with van der Waals surface area (Å²) in [6, 6.07) is 0. The van der Waals surface area contributed by atoms with Crippen LogP contribution in [-0.4, -0.2) is 63.4 Å². The number of imidazole rings is 1. The molecule has 0 bridgehead atoms. The normalized spacial score (nSPS) is 24.4. The van der Waals surface area contributed by atoms with Crippen molar-refractivity contribution in [1.82, 2.24) is 19.4 Å². The van der Waals surface area contributed by atoms with Crippen LogP contribution in [0.1, 0.15) is 51.8 Å². The van der Waals surface area contributed by atoms with Gasteiger partial charge in [-0.3, -0.25) is 9.59 Å². The number of fused-ring (bicyclic) bond motifs is 2. The summed E-state index contributed by atoms with van der Waals surface area (Å²) >= 11 is 0. The van der Waals surface area contributed by atoms with Crippen LogP contribution in [0.2, 0.25) is 0 Å². The van der Waals surface area contributed by atoms with Gasteiger partial charge in [-0.2, -0.15) is 0 Å². The number of hydrogen-bond acceptors (Lipinski definition) is 4. The van der Waals surface area contributed by atoms with Crippen LogP contribution >= 0.6 is 0 Å². The third-order valence-corrected chi connectivity index (χ3v) is 6.54. The lowest BCUT2D eigenvalue weighted by Crippen LogP contribution is -2.55. The fourth-order valence-electron chi connectivity index (χ4n) is 4.61. The molecule has 1 spiro atoms. The van der Waals surface area contributed by atoms with E-state index >= 15 is 0 Å². The molecule has 27 heavy (non-hydrogen) atoms. The Bertz CT molecular complexity index is 700. The van der Waals surface area contributed by atoms with Crippen molar-refractivity contribution in [1.29, 1.82) is 0 Å². The van der Waals surface area contributed by atoms with Gasteiger partial charge in [0.1, 0.15) is 11.4 Å². The quantitative estimate of drug-likeness (QED) is 0.806. The summed E-state index contributed by atoms with van der Waals surface area (Å²) in [6.07, 6.45) is 7.87. The van der Waals surface area contributed by atoms with Gasteiger partial charge >= 0.3 is 0 Å². The second kappa shape index (κ2) is 7.26. The zero-order valence-electron chi connectivity index (χ0n) is 16.4. The average molecular weight is 374 g/mol. The van der Waals surface area contributed by atoms with Gasteiger partial charge in [-0.05, 0) is 26.7 Å². The Morgan fingerprint density at radius 2 is 1.96 bits per heavy atom. The van der Waals surface area contributed by atoms with E-state index in [4.69, 9.17) is 4.74 Å². The number of amides is 2. The molecular formula is C20H30N4O3. The number of ether oxygens (including phenoxy) is 1. The number of nitrogens with zero attached hydrogens (tertiary/aromatic N) is 4. The van der Waals surface area contributed by atoms with Gasteiger partial charge in [0.2, 0.25) is 5.91 Å². The highest BCUT2D eigenvalue weighted by Crippen LogP contribution is 2.41. The molecule has 1 aliphatic carbocycles. The molecular weight excluding hydrogens is 344 g/mol. The minimum absolute atomic E-state index is 0.0479. The number of carbonyl (C=O) groups is 2. The summed E-state index contributed by atoms with van der Waals surface area (Å²) in [4.78, 5) is 33.9. The summed E-state index contributed by atoms with van der Waals surface area (Å²) in [7, 11) is 0. The Kier molecular flexibility index (Phi) is 4.97. The first-order valence-corrected chi connectivity index (χ1v) is 10.3. The number of hydrogen-bond donors (Lipinski definition) is 0. The molecule has 0 unspecified atom stereocenters. The second-order valence-electron chi connectivity index (χ2n) is 7.97. The highest BCUT2D eigenvalue weighted by molar-refractivity contribution is 5.81. The molecule has 1 saturated carbocycles. The fraction of sp³-hybridized carbons (Fsp3) is 0.750. The number of likely N-dealkylation sites (N-methyl/N-ethyl adjacent to an activating group) is 1. The molecule has 1 atom stereocenters. The smallest absolute Gasteiger partial charge is 0.253 e. The van der Waals surface area contributed by atoms with E-state index in [1.807, 2.05) is 29.8 Å². The largest absolute Gasteiger partial charge is 0.352 e. The van der Waals surface area contributed by atoms with Crippen molar-refractivity contribution in [2.75, 3.05) is 26.2 Å². The maximum Gasteiger partial charge on any atom is 0.253 e. The van der Waals surface area contributed by atoms with E-state index in [-0.39, 0.29) is 11.8 Å². The van der Waals surface area contributed by atoms with Crippen LogP contribution in [0, 0.1) is 5.92 Å². The Balaban J connectivity index is 1.51. The predicted molar refractivity (Wildman–Crippen MR) is 99.9 cm³/mol. The first kappa shape index (κ1) is 18.5. The lowest BCUT2D eigenvalue weighted by Gasteiger charge is -2.46. The lowest BCUT2D eigenvalue weighted by molar-refractivity contribution is -0.183. The second-order valence-corrected chi connectivity index (χ2v) is 7.97. The highest BCUT2D eigenvalue weighted by atomic mass is 16.5. The summed E-state index contributed by atoms with van der Waals surface area (Å²) in [5.74, 6) is 1.48. The van der Waals surface area contributed by atoms with E-state index in [0.717, 1.165) is 18.7 Å². The minimum Gasteiger partial charge on any atom is -0.352 e. The topological polar surface area (TPSA) is 67.7 Å². The SMILES string of the molecule is CCN(CC)C(=O)[C@H]1Cn2ccnc2C2(CCN(C(=O)C3CCC3)CC2)O1. The maximum atomic E-state index is 12.9. The summed E-state index contributed by atoms with van der Waals surface area (Å²) < 4.78 is 8.53. The van der Waals surface area contributed by atoms with Crippen molar-refractivity contribution in [3.05, 3.63) is 18.2 Å². The Hall–Kier alpha value is -1.89. The van der Waals surface area contributed by atoms with Gasteiger partial charge in [-0.1, -0.05) is 6.42 Å². The molecule has 0 aromatic carbocycles. The van der Waals surface area contributed by atoms with Crippen molar-refractivity contribution in [2.45, 2.75) is 64.2 Å². The van der Waals surface area contributed by atoms with E-state index in [0.29, 0.717) is 51.5 Å². The molecule has 0 N–H and O–H groups in total. The number of carbonyl (C=O) groups excluding carboxylic acids is 2. The minimum atomic E-state index is -0.564. The average Bonchev–Trinajstić information content (AvgIpc) is 3.11. The molecule has 7 heteroatoms. The highest BCUT2D eigenvalue weighted by Gasteiger charge is 2.48. The maximum absolute atomic E-state index is 12.9. The van der Waals surface area contributed by atoms with Crippen LogP contribution in [0.15, 0.2) is 12.4 Å². The van der Waals surface area contributed by atoms with Crippen molar-refractivity contribution in [2.24, 2.45) is 5.92 Å². The van der Waals surface area contributed by atoms with Gasteiger partial charge in [0, 0.05) is 57.3 Å². The number of rotatable bonds is 4.